The fourth-order valence-electron chi connectivity index (χ4n) is 7.30. The molecule has 0 N–H and O–H groups in total. The molecule has 0 amide bonds. The Balaban J connectivity index is 1.57. The van der Waals surface area contributed by atoms with Crippen LogP contribution in [0, 0.1) is 11.2 Å². The van der Waals surface area contributed by atoms with Crippen molar-refractivity contribution in [3.8, 4) is 17.2 Å². The van der Waals surface area contributed by atoms with Gasteiger partial charge < -0.3 is 19.1 Å². The van der Waals surface area contributed by atoms with Crippen molar-refractivity contribution in [2.75, 3.05) is 26.2 Å². The number of anilines is 1. The number of carbonyl (C=O) groups is 3. The van der Waals surface area contributed by atoms with Crippen molar-refractivity contribution in [3.63, 3.8) is 0 Å². The lowest BCUT2D eigenvalue weighted by atomic mass is 9.64. The minimum absolute atomic E-state index is 0.306. The third kappa shape index (κ3) is 3.70. The number of benzene rings is 4. The fraction of sp³-hybridized carbons (Fsp3) is 0.194. The summed E-state index contributed by atoms with van der Waals surface area (Å²) >= 11 is 0. The summed E-state index contributed by atoms with van der Waals surface area (Å²) < 4.78 is 31.2. The van der Waals surface area contributed by atoms with Crippen LogP contribution in [0.25, 0.3) is 6.08 Å². The molecule has 1 fully saturated rings. The van der Waals surface area contributed by atoms with Gasteiger partial charge in [-0.1, -0.05) is 36.4 Å². The Morgan fingerprint density at radius 3 is 2.09 bits per heavy atom. The number of ether oxygens (including phenoxy) is 3. The quantitative estimate of drug-likeness (QED) is 0.197. The number of Topliss-reactive ketones (excluding diaryl/α,β-unsaturated/α-hetero) is 3. The van der Waals surface area contributed by atoms with Crippen molar-refractivity contribution in [1.82, 2.24) is 0 Å². The van der Waals surface area contributed by atoms with E-state index in [4.69, 9.17) is 14.2 Å². The van der Waals surface area contributed by atoms with Crippen molar-refractivity contribution >= 4 is 29.1 Å². The number of hydrogen-bond donors (Lipinski definition) is 0. The van der Waals surface area contributed by atoms with Crippen LogP contribution in [-0.4, -0.2) is 50.8 Å². The van der Waals surface area contributed by atoms with E-state index in [1.807, 2.05) is 4.90 Å². The topological polar surface area (TPSA) is 82.1 Å². The molecule has 1 saturated heterocycles. The maximum absolute atomic E-state index is 14.9. The maximum Gasteiger partial charge on any atom is 0.185 e. The van der Waals surface area contributed by atoms with Crippen LogP contribution >= 0.6 is 0 Å². The lowest BCUT2D eigenvalue weighted by Crippen LogP contribution is -2.48. The number of ketones is 3. The maximum atomic E-state index is 14.9. The van der Waals surface area contributed by atoms with Gasteiger partial charge in [0.2, 0.25) is 0 Å². The molecule has 2 aliphatic heterocycles. The predicted octanol–water partition coefficient (Wildman–Crippen LogP) is 6.17. The van der Waals surface area contributed by atoms with E-state index in [-0.39, 0.29) is 17.3 Å². The number of carbonyl (C=O) groups excluding carboxylic acids is 3. The van der Waals surface area contributed by atoms with Gasteiger partial charge in [0.15, 0.2) is 17.3 Å². The second-order valence-electron chi connectivity index (χ2n) is 11.1. The number of nitrogens with zero attached hydrogens (tertiary/aromatic N) is 1. The molecule has 0 saturated carbocycles. The normalized spacial score (nSPS) is 20.7. The Bertz CT molecular complexity index is 1850. The van der Waals surface area contributed by atoms with Gasteiger partial charge in [-0.05, 0) is 60.7 Å². The molecule has 0 bridgehead atoms. The molecule has 3 atom stereocenters. The third-order valence-electron chi connectivity index (χ3n) is 9.18. The minimum Gasteiger partial charge on any atom is -0.497 e. The van der Waals surface area contributed by atoms with Crippen molar-refractivity contribution in [2.45, 2.75) is 18.0 Å². The van der Waals surface area contributed by atoms with Crippen molar-refractivity contribution in [1.29, 1.82) is 0 Å². The SMILES string of the molecule is COc1ccc(C(=O)[C@H]2[C@H](c3cc(OC)ccc3OC)C3(C(=O)c4ccccc4C3=O)C3C=Cc4cc(F)ccc4N32)cc1. The Labute approximate surface area is 253 Å². The van der Waals surface area contributed by atoms with E-state index < -0.39 is 29.2 Å². The summed E-state index contributed by atoms with van der Waals surface area (Å²) in [6.45, 7) is 0. The average molecular weight is 590 g/mol. The first-order valence-corrected chi connectivity index (χ1v) is 14.2. The third-order valence-corrected chi connectivity index (χ3v) is 9.18. The first-order chi connectivity index (χ1) is 21.3. The molecule has 1 spiro atoms. The predicted molar refractivity (Wildman–Crippen MR) is 163 cm³/mol. The number of rotatable bonds is 6. The van der Waals surface area contributed by atoms with Crippen LogP contribution < -0.4 is 19.1 Å². The smallest absolute Gasteiger partial charge is 0.185 e. The van der Waals surface area contributed by atoms with Gasteiger partial charge in [0, 0.05) is 39.4 Å². The van der Waals surface area contributed by atoms with E-state index in [1.165, 1.54) is 26.4 Å². The van der Waals surface area contributed by atoms with Gasteiger partial charge in [0.1, 0.15) is 34.5 Å². The summed E-state index contributed by atoms with van der Waals surface area (Å²) in [6.07, 6.45) is 3.48. The van der Waals surface area contributed by atoms with Crippen LogP contribution in [0.15, 0.2) is 91.0 Å². The van der Waals surface area contributed by atoms with Gasteiger partial charge in [0.05, 0.1) is 27.4 Å². The molecule has 3 aliphatic rings. The van der Waals surface area contributed by atoms with Crippen LogP contribution in [0.2, 0.25) is 0 Å². The Morgan fingerprint density at radius 2 is 1.45 bits per heavy atom. The summed E-state index contributed by atoms with van der Waals surface area (Å²) in [7, 11) is 4.57. The molecule has 7 nitrogen and oxygen atoms in total. The molecule has 7 rings (SSSR count). The van der Waals surface area contributed by atoms with Gasteiger partial charge in [-0.25, -0.2) is 4.39 Å². The second kappa shape index (κ2) is 10.2. The van der Waals surface area contributed by atoms with Crippen LogP contribution in [-0.2, 0) is 0 Å². The number of fused-ring (bicyclic) bond motifs is 5. The van der Waals surface area contributed by atoms with E-state index in [0.717, 1.165) is 0 Å². The molecule has 0 aromatic heterocycles. The standard InChI is InChI=1S/C36H28FNO6/c1-42-23-12-8-20(9-13-23)33(39)32-31(27-19-24(43-2)14-16-29(27)44-3)36(34(40)25-6-4-5-7-26(25)35(36)41)30-17-10-21-18-22(37)11-15-28(21)38(30)32/h4-19,30-32H,1-3H3/t30?,31-,32+/m0/s1. The molecule has 2 heterocycles. The Kier molecular flexibility index (Phi) is 6.39. The molecule has 1 unspecified atom stereocenters. The monoisotopic (exact) mass is 589 g/mol. The average Bonchev–Trinajstić information content (AvgIpc) is 3.49. The van der Waals surface area contributed by atoms with Gasteiger partial charge in [-0.3, -0.25) is 14.4 Å². The summed E-state index contributed by atoms with van der Waals surface area (Å²) in [5.41, 5.74) is 0.814. The van der Waals surface area contributed by atoms with Gasteiger partial charge in [-0.2, -0.15) is 0 Å². The molecule has 44 heavy (non-hydrogen) atoms. The number of methoxy groups -OCH3 is 3. The summed E-state index contributed by atoms with van der Waals surface area (Å²) in [5.74, 6) is -1.05. The van der Waals surface area contributed by atoms with Gasteiger partial charge in [-0.15, -0.1) is 0 Å². The lowest BCUT2D eigenvalue weighted by Gasteiger charge is -2.37. The molecule has 0 radical (unpaired) electrons. The lowest BCUT2D eigenvalue weighted by molar-refractivity contribution is 0.0664. The Morgan fingerprint density at radius 1 is 0.795 bits per heavy atom. The highest BCUT2D eigenvalue weighted by Crippen LogP contribution is 2.62. The molecule has 4 aromatic rings. The molecule has 4 aromatic carbocycles. The minimum atomic E-state index is -1.74. The Hall–Kier alpha value is -5.24. The molecule has 1 aliphatic carbocycles. The highest BCUT2D eigenvalue weighted by Gasteiger charge is 2.72. The summed E-state index contributed by atoms with van der Waals surface area (Å²) in [6, 6.07) is 21.0. The van der Waals surface area contributed by atoms with Crippen molar-refractivity contribution in [2.24, 2.45) is 5.41 Å². The van der Waals surface area contributed by atoms with Crippen LogP contribution in [0.5, 0.6) is 17.2 Å². The molecular formula is C36H28FNO6. The van der Waals surface area contributed by atoms with Gasteiger partial charge >= 0.3 is 0 Å². The molecule has 8 heteroatoms. The molecule has 220 valence electrons. The van der Waals surface area contributed by atoms with Crippen molar-refractivity contribution < 1.29 is 33.0 Å². The van der Waals surface area contributed by atoms with E-state index in [9.17, 15) is 18.8 Å². The summed E-state index contributed by atoms with van der Waals surface area (Å²) in [5, 5.41) is 0. The van der Waals surface area contributed by atoms with Crippen LogP contribution in [0.4, 0.5) is 10.1 Å². The molecular weight excluding hydrogens is 561 g/mol. The fourth-order valence-corrected chi connectivity index (χ4v) is 7.30. The van der Waals surface area contributed by atoms with E-state index >= 15 is 0 Å². The van der Waals surface area contributed by atoms with E-state index in [0.29, 0.717) is 50.8 Å². The van der Waals surface area contributed by atoms with Crippen molar-refractivity contribution in [3.05, 3.63) is 125 Å². The van der Waals surface area contributed by atoms with Crippen LogP contribution in [0.1, 0.15) is 48.1 Å². The highest BCUT2D eigenvalue weighted by atomic mass is 19.1. The highest BCUT2D eigenvalue weighted by molar-refractivity contribution is 6.32. The largest absolute Gasteiger partial charge is 0.497 e. The first kappa shape index (κ1) is 27.6. The first-order valence-electron chi connectivity index (χ1n) is 14.2. The van der Waals surface area contributed by atoms with Gasteiger partial charge in [0.25, 0.3) is 0 Å². The van der Waals surface area contributed by atoms with Crippen LogP contribution in [0.3, 0.4) is 0 Å². The van der Waals surface area contributed by atoms with E-state index in [1.54, 1.807) is 92.1 Å². The zero-order valence-corrected chi connectivity index (χ0v) is 24.2. The number of hydrogen-bond acceptors (Lipinski definition) is 7. The summed E-state index contributed by atoms with van der Waals surface area (Å²) in [4.78, 5) is 46.4. The zero-order valence-electron chi connectivity index (χ0n) is 24.2. The number of halogens is 1. The second-order valence-corrected chi connectivity index (χ2v) is 11.1. The zero-order chi connectivity index (χ0) is 30.7. The van der Waals surface area contributed by atoms with E-state index in [2.05, 4.69) is 0 Å².